The molecule has 0 aromatic heterocycles. The number of hydrogen-bond donors (Lipinski definition) is 2. The van der Waals surface area contributed by atoms with Crippen molar-refractivity contribution in [3.05, 3.63) is 22.7 Å². The Morgan fingerprint density at radius 2 is 2.00 bits per heavy atom. The molecule has 0 aliphatic heterocycles. The fraction of sp³-hybridized carbons (Fsp3) is 0.500. The number of nitrogens with one attached hydrogen (secondary N) is 2. The summed E-state index contributed by atoms with van der Waals surface area (Å²) in [6, 6.07) is 4.68. The maximum absolute atomic E-state index is 12.0. The molecule has 0 bridgehead atoms. The van der Waals surface area contributed by atoms with E-state index in [1.807, 2.05) is 0 Å². The molecule has 0 saturated carbocycles. The van der Waals surface area contributed by atoms with Crippen LogP contribution in [-0.4, -0.2) is 35.2 Å². The Labute approximate surface area is 122 Å². The van der Waals surface area contributed by atoms with Gasteiger partial charge in [0.15, 0.2) is 0 Å². The predicted octanol–water partition coefficient (Wildman–Crippen LogP) is 1.74. The van der Waals surface area contributed by atoms with Crippen LogP contribution in [0, 0.1) is 0 Å². The van der Waals surface area contributed by atoms with E-state index in [0.29, 0.717) is 18.8 Å². The molecule has 2 N–H and O–H groups in total. The van der Waals surface area contributed by atoms with Crippen molar-refractivity contribution in [2.45, 2.75) is 18.2 Å². The highest BCUT2D eigenvalue weighted by Crippen LogP contribution is 2.27. The lowest BCUT2D eigenvalue weighted by Gasteiger charge is -2.09. The minimum absolute atomic E-state index is 0.197. The third-order valence-electron chi connectivity index (χ3n) is 2.45. The van der Waals surface area contributed by atoms with Crippen LogP contribution < -0.4 is 14.8 Å². The molecule has 108 valence electrons. The second kappa shape index (κ2) is 7.84. The van der Waals surface area contributed by atoms with Gasteiger partial charge in [-0.25, -0.2) is 13.1 Å². The van der Waals surface area contributed by atoms with Crippen molar-refractivity contribution in [2.75, 3.05) is 26.7 Å². The molecule has 0 aliphatic carbocycles. The van der Waals surface area contributed by atoms with Crippen LogP contribution in [-0.2, 0) is 10.0 Å². The molecule has 0 spiro atoms. The van der Waals surface area contributed by atoms with Crippen molar-refractivity contribution >= 4 is 26.0 Å². The van der Waals surface area contributed by atoms with E-state index in [2.05, 4.69) is 32.9 Å². The van der Waals surface area contributed by atoms with Gasteiger partial charge in [-0.3, -0.25) is 0 Å². The SMILES string of the molecule is CCCNCCNS(=O)(=O)c1ccc(Br)c(OC)c1. The topological polar surface area (TPSA) is 67.4 Å². The minimum Gasteiger partial charge on any atom is -0.496 e. The third kappa shape index (κ3) is 5.10. The van der Waals surface area contributed by atoms with Gasteiger partial charge in [0.1, 0.15) is 5.75 Å². The van der Waals surface area contributed by atoms with E-state index < -0.39 is 10.0 Å². The second-order valence-electron chi connectivity index (χ2n) is 3.94. The molecule has 0 amide bonds. The molecule has 0 atom stereocenters. The van der Waals surface area contributed by atoms with Crippen molar-refractivity contribution in [2.24, 2.45) is 0 Å². The molecule has 19 heavy (non-hydrogen) atoms. The van der Waals surface area contributed by atoms with Gasteiger partial charge >= 0.3 is 0 Å². The maximum Gasteiger partial charge on any atom is 0.240 e. The van der Waals surface area contributed by atoms with E-state index in [4.69, 9.17) is 4.74 Å². The predicted molar refractivity (Wildman–Crippen MR) is 79.0 cm³/mol. The first kappa shape index (κ1) is 16.4. The van der Waals surface area contributed by atoms with Crippen LogP contribution in [0.25, 0.3) is 0 Å². The molecule has 7 heteroatoms. The first-order valence-corrected chi connectivity index (χ1v) is 8.32. The number of rotatable bonds is 8. The highest BCUT2D eigenvalue weighted by atomic mass is 79.9. The zero-order chi connectivity index (χ0) is 14.3. The van der Waals surface area contributed by atoms with Gasteiger partial charge in [-0.15, -0.1) is 0 Å². The van der Waals surface area contributed by atoms with Crippen molar-refractivity contribution in [1.82, 2.24) is 10.0 Å². The largest absolute Gasteiger partial charge is 0.496 e. The van der Waals surface area contributed by atoms with Crippen LogP contribution in [0.1, 0.15) is 13.3 Å². The van der Waals surface area contributed by atoms with E-state index in [1.54, 1.807) is 6.07 Å². The molecule has 1 aromatic rings. The van der Waals surface area contributed by atoms with Crippen molar-refractivity contribution in [3.63, 3.8) is 0 Å². The summed E-state index contributed by atoms with van der Waals surface area (Å²) < 4.78 is 32.4. The molecule has 1 aromatic carbocycles. The normalized spacial score (nSPS) is 11.5. The molecule has 0 aliphatic rings. The summed E-state index contributed by atoms with van der Waals surface area (Å²) >= 11 is 3.29. The first-order chi connectivity index (χ1) is 9.01. The third-order valence-corrected chi connectivity index (χ3v) is 4.57. The van der Waals surface area contributed by atoms with Crippen molar-refractivity contribution in [1.29, 1.82) is 0 Å². The molecule has 0 fully saturated rings. The Kier molecular flexibility index (Phi) is 6.78. The van der Waals surface area contributed by atoms with Gasteiger partial charge in [0.2, 0.25) is 10.0 Å². The average molecular weight is 351 g/mol. The number of halogens is 1. The molecular formula is C12H19BrN2O3S. The summed E-state index contributed by atoms with van der Waals surface area (Å²) in [7, 11) is -1.99. The van der Waals surface area contributed by atoms with E-state index in [1.165, 1.54) is 19.2 Å². The fourth-order valence-electron chi connectivity index (χ4n) is 1.47. The van der Waals surface area contributed by atoms with Gasteiger partial charge < -0.3 is 10.1 Å². The first-order valence-electron chi connectivity index (χ1n) is 6.05. The van der Waals surface area contributed by atoms with Gasteiger partial charge in [-0.2, -0.15) is 0 Å². The highest BCUT2D eigenvalue weighted by Gasteiger charge is 2.15. The lowest BCUT2D eigenvalue weighted by molar-refractivity contribution is 0.410. The summed E-state index contributed by atoms with van der Waals surface area (Å²) in [5.41, 5.74) is 0. The van der Waals surface area contributed by atoms with Crippen LogP contribution in [0.5, 0.6) is 5.75 Å². The van der Waals surface area contributed by atoms with Crippen LogP contribution >= 0.6 is 15.9 Å². The number of sulfonamides is 1. The van der Waals surface area contributed by atoms with E-state index >= 15 is 0 Å². The van der Waals surface area contributed by atoms with Crippen LogP contribution in [0.4, 0.5) is 0 Å². The molecule has 0 unspecified atom stereocenters. The van der Waals surface area contributed by atoms with Gasteiger partial charge in [0.25, 0.3) is 0 Å². The molecule has 1 rings (SSSR count). The Morgan fingerprint density at radius 3 is 2.63 bits per heavy atom. The smallest absolute Gasteiger partial charge is 0.240 e. The van der Waals surface area contributed by atoms with E-state index in [-0.39, 0.29) is 4.90 Å². The van der Waals surface area contributed by atoms with E-state index in [0.717, 1.165) is 17.4 Å². The summed E-state index contributed by atoms with van der Waals surface area (Å²) in [4.78, 5) is 0.197. The van der Waals surface area contributed by atoms with Crippen LogP contribution in [0.3, 0.4) is 0 Å². The van der Waals surface area contributed by atoms with Crippen molar-refractivity contribution < 1.29 is 13.2 Å². The quantitative estimate of drug-likeness (QED) is 0.700. The van der Waals surface area contributed by atoms with Crippen LogP contribution in [0.2, 0.25) is 0 Å². The van der Waals surface area contributed by atoms with Gasteiger partial charge in [-0.05, 0) is 41.0 Å². The summed E-state index contributed by atoms with van der Waals surface area (Å²) in [5, 5.41) is 3.13. The summed E-state index contributed by atoms with van der Waals surface area (Å²) in [6.45, 7) is 3.92. The Morgan fingerprint density at radius 1 is 1.26 bits per heavy atom. The minimum atomic E-state index is -3.49. The maximum atomic E-state index is 12.0. The van der Waals surface area contributed by atoms with Gasteiger partial charge in [0.05, 0.1) is 16.5 Å². The number of methoxy groups -OCH3 is 1. The van der Waals surface area contributed by atoms with Gasteiger partial charge in [0, 0.05) is 19.2 Å². The molecular weight excluding hydrogens is 332 g/mol. The number of hydrogen-bond acceptors (Lipinski definition) is 4. The second-order valence-corrected chi connectivity index (χ2v) is 6.57. The lowest BCUT2D eigenvalue weighted by atomic mass is 10.3. The molecule has 5 nitrogen and oxygen atoms in total. The lowest BCUT2D eigenvalue weighted by Crippen LogP contribution is -2.32. The van der Waals surface area contributed by atoms with Crippen LogP contribution in [0.15, 0.2) is 27.6 Å². The number of benzene rings is 1. The molecule has 0 heterocycles. The number of ether oxygens (including phenoxy) is 1. The van der Waals surface area contributed by atoms with E-state index in [9.17, 15) is 8.42 Å². The average Bonchev–Trinajstić information content (AvgIpc) is 2.38. The monoisotopic (exact) mass is 350 g/mol. The zero-order valence-electron chi connectivity index (χ0n) is 11.1. The Hall–Kier alpha value is -0.630. The zero-order valence-corrected chi connectivity index (χ0v) is 13.5. The standard InChI is InChI=1S/C12H19BrN2O3S/c1-3-6-14-7-8-15-19(16,17)10-4-5-11(13)12(9-10)18-2/h4-5,9,14-15H,3,6-8H2,1-2H3. The summed E-state index contributed by atoms with van der Waals surface area (Å²) in [5.74, 6) is 0.493. The fourth-order valence-corrected chi connectivity index (χ4v) is 2.92. The highest BCUT2D eigenvalue weighted by molar-refractivity contribution is 9.10. The van der Waals surface area contributed by atoms with Gasteiger partial charge in [-0.1, -0.05) is 6.92 Å². The molecule has 0 saturated heterocycles. The Bertz CT molecular complexity index is 506. The summed E-state index contributed by atoms with van der Waals surface area (Å²) in [6.07, 6.45) is 1.02. The molecule has 0 radical (unpaired) electrons. The Balaban J connectivity index is 2.67. The van der Waals surface area contributed by atoms with Crippen molar-refractivity contribution in [3.8, 4) is 5.75 Å².